The maximum Gasteiger partial charge on any atom is 0.135 e. The molecule has 0 fully saturated rings. The number of aromatic nitrogens is 1. The van der Waals surface area contributed by atoms with Gasteiger partial charge in [-0.1, -0.05) is 24.3 Å². The zero-order valence-electron chi connectivity index (χ0n) is 11.9. The van der Waals surface area contributed by atoms with Crippen molar-refractivity contribution in [1.82, 2.24) is 4.98 Å². The van der Waals surface area contributed by atoms with Crippen LogP contribution in [0.1, 0.15) is 10.7 Å². The number of nitrogens with one attached hydrogen (secondary N) is 1. The third kappa shape index (κ3) is 2.65. The van der Waals surface area contributed by atoms with Gasteiger partial charge in [0, 0.05) is 33.7 Å². The summed E-state index contributed by atoms with van der Waals surface area (Å²) in [5.74, 6) is 0.237. The predicted molar refractivity (Wildman–Crippen MR) is 89.7 cm³/mol. The molecule has 0 aliphatic heterocycles. The largest absolute Gasteiger partial charge is 0.507 e. The van der Waals surface area contributed by atoms with Gasteiger partial charge in [0.1, 0.15) is 22.4 Å². The first-order valence-electron chi connectivity index (χ1n) is 6.69. The third-order valence-electron chi connectivity index (χ3n) is 3.24. The summed E-state index contributed by atoms with van der Waals surface area (Å²) < 4.78 is 0. The van der Waals surface area contributed by atoms with Crippen LogP contribution in [0.15, 0.2) is 48.0 Å². The molecule has 0 spiro atoms. The molecule has 0 aliphatic rings. The topological polar surface area (TPSA) is 68.9 Å². The summed E-state index contributed by atoms with van der Waals surface area (Å²) in [5, 5.41) is 26.6. The van der Waals surface area contributed by atoms with Crippen LogP contribution < -0.4 is 5.32 Å². The number of nitrogens with zero attached hydrogens (tertiary/aromatic N) is 2. The van der Waals surface area contributed by atoms with Crippen molar-refractivity contribution < 1.29 is 5.11 Å². The quantitative estimate of drug-likeness (QED) is 0.708. The van der Waals surface area contributed by atoms with E-state index in [0.29, 0.717) is 10.6 Å². The second-order valence-corrected chi connectivity index (χ2v) is 5.64. The number of rotatable bonds is 3. The van der Waals surface area contributed by atoms with Crippen molar-refractivity contribution in [2.24, 2.45) is 0 Å². The molecule has 5 heteroatoms. The van der Waals surface area contributed by atoms with Crippen LogP contribution in [0.2, 0.25) is 0 Å². The lowest BCUT2D eigenvalue weighted by atomic mass is 10.1. The predicted octanol–water partition coefficient (Wildman–Crippen LogP) is 4.29. The molecule has 0 saturated carbocycles. The first kappa shape index (κ1) is 14.1. The monoisotopic (exact) mass is 307 g/mol. The summed E-state index contributed by atoms with van der Waals surface area (Å²) in [7, 11) is 0. The molecule has 0 radical (unpaired) electrons. The molecule has 2 aromatic carbocycles. The van der Waals surface area contributed by atoms with Crippen LogP contribution in [0.4, 0.5) is 5.69 Å². The first-order valence-corrected chi connectivity index (χ1v) is 7.57. The minimum absolute atomic E-state index is 0.237. The number of nitriles is 1. The van der Waals surface area contributed by atoms with Crippen molar-refractivity contribution >= 4 is 33.4 Å². The number of allylic oxidation sites excluding steroid dienone is 1. The van der Waals surface area contributed by atoms with Gasteiger partial charge >= 0.3 is 0 Å². The van der Waals surface area contributed by atoms with Gasteiger partial charge < -0.3 is 10.4 Å². The van der Waals surface area contributed by atoms with Crippen LogP contribution >= 0.6 is 11.3 Å². The molecule has 3 aromatic rings. The van der Waals surface area contributed by atoms with Crippen LogP contribution in [0.5, 0.6) is 5.75 Å². The van der Waals surface area contributed by atoms with Gasteiger partial charge in [-0.25, -0.2) is 4.98 Å². The number of aromatic hydroxyl groups is 1. The van der Waals surface area contributed by atoms with Crippen molar-refractivity contribution in [3.63, 3.8) is 0 Å². The average molecular weight is 307 g/mol. The maximum atomic E-state index is 9.90. The number of hydrogen-bond donors (Lipinski definition) is 2. The van der Waals surface area contributed by atoms with E-state index in [1.165, 1.54) is 11.3 Å². The lowest BCUT2D eigenvalue weighted by molar-refractivity contribution is 0.481. The fraction of sp³-hybridized carbons (Fsp3) is 0.0588. The standard InChI is InChI=1S/C17H13N3OS/c1-11-10-22-17(20-11)12(8-18)9-19-15-6-2-5-14-13(15)4-3-7-16(14)21/h2-7,9-10,19,21H,1H3/b12-9+. The van der Waals surface area contributed by atoms with E-state index in [1.807, 2.05) is 36.6 Å². The van der Waals surface area contributed by atoms with E-state index in [1.54, 1.807) is 18.3 Å². The summed E-state index contributed by atoms with van der Waals surface area (Å²) in [6, 6.07) is 13.1. The fourth-order valence-corrected chi connectivity index (χ4v) is 2.95. The summed E-state index contributed by atoms with van der Waals surface area (Å²) in [6.07, 6.45) is 1.65. The van der Waals surface area contributed by atoms with Crippen LogP contribution in [0, 0.1) is 18.3 Å². The molecule has 2 N–H and O–H groups in total. The molecule has 0 bridgehead atoms. The van der Waals surface area contributed by atoms with Crippen LogP contribution in [-0.2, 0) is 0 Å². The Bertz CT molecular complexity index is 906. The summed E-state index contributed by atoms with van der Waals surface area (Å²) in [5.41, 5.74) is 2.21. The lowest BCUT2D eigenvalue weighted by Crippen LogP contribution is -1.92. The van der Waals surface area contributed by atoms with E-state index in [0.717, 1.165) is 22.2 Å². The zero-order valence-corrected chi connectivity index (χ0v) is 12.7. The highest BCUT2D eigenvalue weighted by molar-refractivity contribution is 7.10. The molecule has 108 valence electrons. The normalized spacial score (nSPS) is 11.4. The second-order valence-electron chi connectivity index (χ2n) is 4.79. The zero-order chi connectivity index (χ0) is 15.5. The number of phenols is 1. The highest BCUT2D eigenvalue weighted by Crippen LogP contribution is 2.30. The Labute approximate surface area is 132 Å². The van der Waals surface area contributed by atoms with E-state index < -0.39 is 0 Å². The molecule has 0 atom stereocenters. The summed E-state index contributed by atoms with van der Waals surface area (Å²) in [4.78, 5) is 4.32. The van der Waals surface area contributed by atoms with Crippen molar-refractivity contribution in [1.29, 1.82) is 5.26 Å². The number of benzene rings is 2. The van der Waals surface area contributed by atoms with Gasteiger partial charge in [-0.15, -0.1) is 11.3 Å². The number of fused-ring (bicyclic) bond motifs is 1. The van der Waals surface area contributed by atoms with E-state index in [-0.39, 0.29) is 5.75 Å². The van der Waals surface area contributed by atoms with Gasteiger partial charge in [-0.2, -0.15) is 5.26 Å². The van der Waals surface area contributed by atoms with Crippen LogP contribution in [0.25, 0.3) is 16.3 Å². The minimum Gasteiger partial charge on any atom is -0.507 e. The van der Waals surface area contributed by atoms with Gasteiger partial charge in [0.15, 0.2) is 0 Å². The third-order valence-corrected chi connectivity index (χ3v) is 4.23. The number of hydrogen-bond acceptors (Lipinski definition) is 5. The molecule has 4 nitrogen and oxygen atoms in total. The maximum absolute atomic E-state index is 9.90. The Morgan fingerprint density at radius 3 is 2.77 bits per heavy atom. The van der Waals surface area contributed by atoms with E-state index >= 15 is 0 Å². The van der Waals surface area contributed by atoms with Crippen LogP contribution in [-0.4, -0.2) is 10.1 Å². The highest BCUT2D eigenvalue weighted by Gasteiger charge is 2.07. The smallest absolute Gasteiger partial charge is 0.135 e. The molecule has 3 rings (SSSR count). The Morgan fingerprint density at radius 2 is 2.05 bits per heavy atom. The van der Waals surface area contributed by atoms with E-state index in [4.69, 9.17) is 0 Å². The summed E-state index contributed by atoms with van der Waals surface area (Å²) in [6.45, 7) is 1.90. The van der Waals surface area contributed by atoms with Gasteiger partial charge in [0.25, 0.3) is 0 Å². The SMILES string of the molecule is Cc1csc(/C(C#N)=C/Nc2cccc3c(O)cccc23)n1. The lowest BCUT2D eigenvalue weighted by Gasteiger charge is -2.07. The Hall–Kier alpha value is -2.84. The first-order chi connectivity index (χ1) is 10.7. The fourth-order valence-electron chi connectivity index (χ4n) is 2.19. The van der Waals surface area contributed by atoms with Crippen molar-refractivity contribution in [2.45, 2.75) is 6.92 Å². The van der Waals surface area contributed by atoms with Crippen molar-refractivity contribution in [2.75, 3.05) is 5.32 Å². The van der Waals surface area contributed by atoms with Gasteiger partial charge in [0.05, 0.1) is 0 Å². The molecule has 1 aromatic heterocycles. The molecule has 22 heavy (non-hydrogen) atoms. The molecule has 0 saturated heterocycles. The molecular weight excluding hydrogens is 294 g/mol. The molecule has 0 amide bonds. The molecule has 1 heterocycles. The average Bonchev–Trinajstić information content (AvgIpc) is 2.95. The molecular formula is C17H13N3OS. The number of phenolic OH excluding ortho intramolecular Hbond substituents is 1. The van der Waals surface area contributed by atoms with Gasteiger partial charge in [-0.3, -0.25) is 0 Å². The Morgan fingerprint density at radius 1 is 1.27 bits per heavy atom. The van der Waals surface area contributed by atoms with Crippen molar-refractivity contribution in [3.05, 3.63) is 58.7 Å². The second kappa shape index (κ2) is 5.88. The number of anilines is 1. The number of aryl methyl sites for hydroxylation is 1. The molecule has 0 unspecified atom stereocenters. The van der Waals surface area contributed by atoms with E-state index in [2.05, 4.69) is 16.4 Å². The van der Waals surface area contributed by atoms with Gasteiger partial charge in [0.2, 0.25) is 0 Å². The highest BCUT2D eigenvalue weighted by atomic mass is 32.1. The summed E-state index contributed by atoms with van der Waals surface area (Å²) >= 11 is 1.44. The van der Waals surface area contributed by atoms with Gasteiger partial charge in [-0.05, 0) is 19.1 Å². The Balaban J connectivity index is 1.98. The minimum atomic E-state index is 0.237. The molecule has 0 aliphatic carbocycles. The van der Waals surface area contributed by atoms with Crippen molar-refractivity contribution in [3.8, 4) is 11.8 Å². The van der Waals surface area contributed by atoms with Crippen LogP contribution in [0.3, 0.4) is 0 Å². The van der Waals surface area contributed by atoms with E-state index in [9.17, 15) is 10.4 Å². The number of thiazole rings is 1. The Kier molecular flexibility index (Phi) is 3.77.